The molecule has 3 atom stereocenters. The zero-order chi connectivity index (χ0) is 25.4. The SMILES string of the molecule is [2H]C([2H])([2H])Oc1cc2c(cc1OC)C1([2H])N(CC2)C([2H])([2H])C([2H])(CC(C)C)C([2H])(O)C1([2H])[2H]. The maximum Gasteiger partial charge on any atom is 0.161 e. The van der Waals surface area contributed by atoms with Crippen molar-refractivity contribution in [3.05, 3.63) is 23.3 Å². The van der Waals surface area contributed by atoms with Crippen molar-refractivity contribution < 1.29 is 28.3 Å². The molecule has 2 aliphatic heterocycles. The van der Waals surface area contributed by atoms with Crippen molar-refractivity contribution in [1.29, 1.82) is 0 Å². The summed E-state index contributed by atoms with van der Waals surface area (Å²) in [7, 11) is -1.56. The van der Waals surface area contributed by atoms with Crippen molar-refractivity contribution in [3.63, 3.8) is 0 Å². The lowest BCUT2D eigenvalue weighted by molar-refractivity contribution is -0.0191. The quantitative estimate of drug-likeness (QED) is 0.922. The number of fused-ring (bicyclic) bond motifs is 3. The molecule has 0 spiro atoms. The molecule has 1 aromatic rings. The third-order valence-electron chi connectivity index (χ3n) is 4.03. The minimum atomic E-state index is -3.30. The van der Waals surface area contributed by atoms with Gasteiger partial charge in [-0.05, 0) is 54.3 Å². The number of methoxy groups -OCH3 is 2. The first-order valence-electron chi connectivity index (χ1n) is 12.7. The van der Waals surface area contributed by atoms with Crippen molar-refractivity contribution in [2.45, 2.75) is 45.2 Å². The molecule has 0 aromatic heterocycles. The van der Waals surface area contributed by atoms with E-state index < -0.39 is 37.9 Å². The fraction of sp³-hybridized carbons (Fsp3) is 0.684. The molecule has 2 heterocycles. The Hall–Kier alpha value is -1.26. The lowest BCUT2D eigenvalue weighted by atomic mass is 9.79. The number of piperidine rings is 1. The summed E-state index contributed by atoms with van der Waals surface area (Å²) in [5.41, 5.74) is 0.216. The van der Waals surface area contributed by atoms with E-state index in [4.69, 9.17) is 21.8 Å². The van der Waals surface area contributed by atoms with E-state index in [1.54, 1.807) is 13.8 Å². The number of ether oxygens (including phenoxy) is 2. The lowest BCUT2D eigenvalue weighted by Crippen LogP contribution is -2.48. The number of benzene rings is 1. The second kappa shape index (κ2) is 6.70. The minimum Gasteiger partial charge on any atom is -0.493 e. The van der Waals surface area contributed by atoms with Crippen LogP contribution in [0.1, 0.15) is 57.5 Å². The summed E-state index contributed by atoms with van der Waals surface area (Å²) in [6.07, 6.45) is -6.65. The van der Waals surface area contributed by atoms with Crippen LogP contribution in [0.5, 0.6) is 11.5 Å². The third-order valence-corrected chi connectivity index (χ3v) is 4.03. The molecule has 1 saturated heterocycles. The van der Waals surface area contributed by atoms with Gasteiger partial charge in [-0.3, -0.25) is 4.90 Å². The van der Waals surface area contributed by atoms with Gasteiger partial charge in [0.2, 0.25) is 0 Å². The van der Waals surface area contributed by atoms with Gasteiger partial charge in [0.05, 0.1) is 27.1 Å². The van der Waals surface area contributed by atoms with Crippen molar-refractivity contribution in [2.24, 2.45) is 11.8 Å². The fourth-order valence-electron chi connectivity index (χ4n) is 2.96. The zero-order valence-electron chi connectivity index (χ0n) is 23.6. The molecule has 4 heteroatoms. The van der Waals surface area contributed by atoms with E-state index >= 15 is 0 Å². The average molecular weight is 330 g/mol. The van der Waals surface area contributed by atoms with Gasteiger partial charge >= 0.3 is 0 Å². The topological polar surface area (TPSA) is 41.9 Å². The largest absolute Gasteiger partial charge is 0.493 e. The van der Waals surface area contributed by atoms with E-state index in [9.17, 15) is 6.48 Å². The Morgan fingerprint density at radius 2 is 2.22 bits per heavy atom. The van der Waals surface area contributed by atoms with Gasteiger partial charge in [-0.1, -0.05) is 13.8 Å². The number of hydrogen-bond donors (Lipinski definition) is 1. The predicted octanol–water partition coefficient (Wildman–Crippen LogP) is 3.03. The molecule has 0 amide bonds. The van der Waals surface area contributed by atoms with Crippen LogP contribution in [0, 0.1) is 11.8 Å². The Morgan fingerprint density at radius 3 is 2.91 bits per heavy atom. The van der Waals surface area contributed by atoms with Gasteiger partial charge in [-0.25, -0.2) is 0 Å². The van der Waals surface area contributed by atoms with Crippen LogP contribution >= 0.6 is 0 Å². The van der Waals surface area contributed by atoms with Gasteiger partial charge in [0.15, 0.2) is 11.5 Å². The van der Waals surface area contributed by atoms with Crippen molar-refractivity contribution in [3.8, 4) is 11.5 Å². The Bertz CT molecular complexity index is 935. The molecule has 0 radical (unpaired) electrons. The van der Waals surface area contributed by atoms with E-state index in [-0.39, 0.29) is 42.4 Å². The summed E-state index contributed by atoms with van der Waals surface area (Å²) in [4.78, 5) is 0.893. The molecule has 0 aliphatic carbocycles. The van der Waals surface area contributed by atoms with E-state index in [0.29, 0.717) is 5.56 Å². The number of nitrogens with zero attached hydrogens (tertiary/aromatic N) is 1. The first-order valence-corrected chi connectivity index (χ1v) is 7.68. The second-order valence-electron chi connectivity index (χ2n) is 6.17. The van der Waals surface area contributed by atoms with Crippen LogP contribution in [-0.4, -0.2) is 43.3 Å². The van der Waals surface area contributed by atoms with Gasteiger partial charge in [0, 0.05) is 25.9 Å². The molecule has 1 aromatic carbocycles. The van der Waals surface area contributed by atoms with Gasteiger partial charge in [-0.2, -0.15) is 0 Å². The highest BCUT2D eigenvalue weighted by Gasteiger charge is 2.38. The minimum absolute atomic E-state index is 0.0883. The van der Waals surface area contributed by atoms with Crippen LogP contribution < -0.4 is 9.47 Å². The van der Waals surface area contributed by atoms with Crippen LogP contribution in [0.3, 0.4) is 0 Å². The highest BCUT2D eigenvalue weighted by molar-refractivity contribution is 5.49. The summed E-state index contributed by atoms with van der Waals surface area (Å²) in [6, 6.07) is -0.119. The van der Waals surface area contributed by atoms with Gasteiger partial charge < -0.3 is 14.6 Å². The van der Waals surface area contributed by atoms with Crippen LogP contribution in [-0.2, 0) is 6.42 Å². The zero-order valence-corrected chi connectivity index (χ0v) is 13.6. The van der Waals surface area contributed by atoms with E-state index in [2.05, 4.69) is 0 Å². The first kappa shape index (κ1) is 8.21. The normalized spacial score (nSPS) is 48.4. The second-order valence-corrected chi connectivity index (χ2v) is 6.17. The smallest absolute Gasteiger partial charge is 0.161 e. The average Bonchev–Trinajstić information content (AvgIpc) is 2.64. The van der Waals surface area contributed by atoms with Crippen LogP contribution in [0.25, 0.3) is 0 Å². The summed E-state index contributed by atoms with van der Waals surface area (Å²) in [5.74, 6) is -3.20. The molecule has 0 saturated carbocycles. The van der Waals surface area contributed by atoms with Gasteiger partial charge in [-0.15, -0.1) is 0 Å². The van der Waals surface area contributed by atoms with E-state index in [0.717, 1.165) is 4.90 Å². The molecule has 2 aliphatic rings. The maximum atomic E-state index is 11.2. The summed E-state index contributed by atoms with van der Waals surface area (Å²) < 4.78 is 93.8. The number of rotatable bonds is 4. The molecule has 3 unspecified atom stereocenters. The molecular weight excluding hydrogens is 290 g/mol. The van der Waals surface area contributed by atoms with Crippen LogP contribution in [0.15, 0.2) is 12.1 Å². The third kappa shape index (κ3) is 3.20. The Balaban J connectivity index is 2.29. The highest BCUT2D eigenvalue weighted by Crippen LogP contribution is 2.43. The van der Waals surface area contributed by atoms with Gasteiger partial charge in [0.1, 0.15) is 0 Å². The molecule has 23 heavy (non-hydrogen) atoms. The summed E-state index contributed by atoms with van der Waals surface area (Å²) in [6.45, 7) is 0.421. The van der Waals surface area contributed by atoms with Crippen molar-refractivity contribution >= 4 is 0 Å². The van der Waals surface area contributed by atoms with Crippen LogP contribution in [0.2, 0.25) is 0 Å². The van der Waals surface area contributed by atoms with Gasteiger partial charge in [0.25, 0.3) is 0 Å². The number of aliphatic hydroxyl groups is 1. The highest BCUT2D eigenvalue weighted by atomic mass is 16.5. The monoisotopic (exact) mass is 329 g/mol. The number of hydrogen-bond acceptors (Lipinski definition) is 4. The van der Waals surface area contributed by atoms with Crippen molar-refractivity contribution in [2.75, 3.05) is 27.2 Å². The van der Waals surface area contributed by atoms with E-state index in [1.807, 2.05) is 0 Å². The lowest BCUT2D eigenvalue weighted by Gasteiger charge is -2.46. The Labute approximate surface area is 153 Å². The molecule has 3 rings (SSSR count). The Morgan fingerprint density at radius 1 is 1.43 bits per heavy atom. The molecule has 1 N–H and O–H groups in total. The molecule has 1 fully saturated rings. The van der Waals surface area contributed by atoms with Crippen LogP contribution in [0.4, 0.5) is 0 Å². The summed E-state index contributed by atoms with van der Waals surface area (Å²) >= 11 is 0. The maximum absolute atomic E-state index is 11.2. The fourth-order valence-corrected chi connectivity index (χ4v) is 2.96. The van der Waals surface area contributed by atoms with Crippen molar-refractivity contribution in [1.82, 2.24) is 4.90 Å². The molecule has 128 valence electrons. The standard InChI is InChI=1S/C19H29NO3/c1-12(2)7-14-11-20-6-5-13-8-18(22-3)19(23-4)9-15(13)16(20)10-17(14)21/h8-9,12,14,16-17,21H,5-7,10-11H2,1-4H3/i3D3,10D2,11D2,14D,16D,17D. The predicted molar refractivity (Wildman–Crippen MR) is 91.1 cm³/mol. The first-order chi connectivity index (χ1) is 14.8. The molecule has 0 bridgehead atoms. The molecule has 4 nitrogen and oxygen atoms in total. The summed E-state index contributed by atoms with van der Waals surface area (Å²) in [5, 5.41) is 11.2. The van der Waals surface area contributed by atoms with E-state index in [1.165, 1.54) is 19.2 Å². The molecular formula is C19H29NO3. The Kier molecular flexibility index (Phi) is 2.39.